The number of nitrogens with zero attached hydrogens (tertiary/aromatic N) is 3. The number of rotatable bonds is 7. The molecule has 0 aliphatic heterocycles. The molecule has 7 heteroatoms. The van der Waals surface area contributed by atoms with E-state index in [1.54, 1.807) is 6.21 Å². The standard InChI is InChI=1S/C19H16N4O3/c24-23(25)17-8-11-19(20-13-17)22-21-12-15-6-9-18(10-7-15)26-14-16-4-2-1-3-5-16/h1-13H,14H2,(H,20,22). The zero-order chi connectivity index (χ0) is 18.2. The third-order valence-corrected chi connectivity index (χ3v) is 3.48. The predicted octanol–water partition coefficient (Wildman–Crippen LogP) is 4.01. The van der Waals surface area contributed by atoms with Crippen molar-refractivity contribution in [2.45, 2.75) is 6.61 Å². The molecule has 0 atom stereocenters. The Kier molecular flexibility index (Phi) is 5.51. The number of ether oxygens (including phenoxy) is 1. The van der Waals surface area contributed by atoms with Gasteiger partial charge in [-0.1, -0.05) is 30.3 Å². The number of hydrogen-bond donors (Lipinski definition) is 1. The fourth-order valence-corrected chi connectivity index (χ4v) is 2.12. The van der Waals surface area contributed by atoms with Gasteiger partial charge in [0, 0.05) is 6.07 Å². The summed E-state index contributed by atoms with van der Waals surface area (Å²) in [4.78, 5) is 14.0. The Balaban J connectivity index is 1.52. The zero-order valence-corrected chi connectivity index (χ0v) is 13.8. The van der Waals surface area contributed by atoms with E-state index in [0.29, 0.717) is 12.4 Å². The van der Waals surface area contributed by atoms with Crippen LogP contribution in [0.4, 0.5) is 11.5 Å². The third kappa shape index (κ3) is 4.88. The number of anilines is 1. The summed E-state index contributed by atoms with van der Waals surface area (Å²) in [6.07, 6.45) is 2.81. The van der Waals surface area contributed by atoms with E-state index in [1.807, 2.05) is 54.6 Å². The third-order valence-electron chi connectivity index (χ3n) is 3.48. The molecule has 3 aromatic rings. The molecule has 0 unspecified atom stereocenters. The van der Waals surface area contributed by atoms with Gasteiger partial charge in [-0.05, 0) is 41.5 Å². The van der Waals surface area contributed by atoms with Crippen LogP contribution in [0.5, 0.6) is 5.75 Å². The lowest BCUT2D eigenvalue weighted by molar-refractivity contribution is -0.385. The fourth-order valence-electron chi connectivity index (χ4n) is 2.12. The lowest BCUT2D eigenvalue weighted by Crippen LogP contribution is -1.96. The normalized spacial score (nSPS) is 10.6. The summed E-state index contributed by atoms with van der Waals surface area (Å²) in [5.74, 6) is 1.20. The van der Waals surface area contributed by atoms with Gasteiger partial charge in [-0.3, -0.25) is 15.5 Å². The summed E-state index contributed by atoms with van der Waals surface area (Å²) >= 11 is 0. The van der Waals surface area contributed by atoms with Gasteiger partial charge in [0.2, 0.25) is 0 Å². The Bertz CT molecular complexity index is 879. The number of nitro groups is 1. The highest BCUT2D eigenvalue weighted by Crippen LogP contribution is 2.14. The maximum atomic E-state index is 10.6. The molecule has 1 heterocycles. The first-order valence-electron chi connectivity index (χ1n) is 7.87. The monoisotopic (exact) mass is 348 g/mol. The lowest BCUT2D eigenvalue weighted by Gasteiger charge is -2.06. The van der Waals surface area contributed by atoms with Gasteiger partial charge < -0.3 is 4.74 Å². The van der Waals surface area contributed by atoms with Gasteiger partial charge in [0.1, 0.15) is 24.4 Å². The van der Waals surface area contributed by atoms with Crippen LogP contribution in [0.2, 0.25) is 0 Å². The molecule has 0 amide bonds. The zero-order valence-electron chi connectivity index (χ0n) is 13.8. The molecule has 0 radical (unpaired) electrons. The Morgan fingerprint density at radius 2 is 1.85 bits per heavy atom. The van der Waals surface area contributed by atoms with E-state index in [1.165, 1.54) is 18.3 Å². The van der Waals surface area contributed by atoms with Gasteiger partial charge >= 0.3 is 0 Å². The molecule has 3 rings (SSSR count). The lowest BCUT2D eigenvalue weighted by atomic mass is 10.2. The second kappa shape index (κ2) is 8.39. The Labute approximate surface area is 150 Å². The molecule has 0 spiro atoms. The van der Waals surface area contributed by atoms with Crippen molar-refractivity contribution in [3.63, 3.8) is 0 Å². The molecular formula is C19H16N4O3. The Hall–Kier alpha value is -3.74. The molecule has 7 nitrogen and oxygen atoms in total. The van der Waals surface area contributed by atoms with Crippen molar-refractivity contribution in [1.29, 1.82) is 0 Å². The van der Waals surface area contributed by atoms with Crippen LogP contribution in [-0.2, 0) is 6.61 Å². The van der Waals surface area contributed by atoms with Crippen molar-refractivity contribution in [2.75, 3.05) is 5.43 Å². The summed E-state index contributed by atoms with van der Waals surface area (Å²) in [6.45, 7) is 0.516. The maximum Gasteiger partial charge on any atom is 0.287 e. The molecule has 0 fully saturated rings. The topological polar surface area (TPSA) is 89.7 Å². The molecule has 0 bridgehead atoms. The van der Waals surface area contributed by atoms with Gasteiger partial charge in [0.25, 0.3) is 5.69 Å². The predicted molar refractivity (Wildman–Crippen MR) is 99.3 cm³/mol. The number of pyridine rings is 1. The maximum absolute atomic E-state index is 10.6. The van der Waals surface area contributed by atoms with Crippen molar-refractivity contribution in [1.82, 2.24) is 4.98 Å². The van der Waals surface area contributed by atoms with E-state index < -0.39 is 4.92 Å². The first kappa shape index (κ1) is 17.1. The Morgan fingerprint density at radius 1 is 1.08 bits per heavy atom. The second-order valence-electron chi connectivity index (χ2n) is 5.37. The summed E-state index contributed by atoms with van der Waals surface area (Å²) in [6, 6.07) is 20.3. The largest absolute Gasteiger partial charge is 0.489 e. The number of hydrogen-bond acceptors (Lipinski definition) is 6. The molecule has 0 saturated heterocycles. The summed E-state index contributed by atoms with van der Waals surface area (Å²) in [5.41, 5.74) is 4.65. The quantitative estimate of drug-likeness (QED) is 0.396. The number of nitrogens with one attached hydrogen (secondary N) is 1. The molecule has 1 N–H and O–H groups in total. The first-order valence-corrected chi connectivity index (χ1v) is 7.87. The van der Waals surface area contributed by atoms with Crippen LogP contribution >= 0.6 is 0 Å². The van der Waals surface area contributed by atoms with Gasteiger partial charge in [-0.2, -0.15) is 5.10 Å². The van der Waals surface area contributed by atoms with Crippen LogP contribution in [-0.4, -0.2) is 16.1 Å². The van der Waals surface area contributed by atoms with Crippen LogP contribution in [0.1, 0.15) is 11.1 Å². The molecular weight excluding hydrogens is 332 g/mol. The van der Waals surface area contributed by atoms with Crippen LogP contribution in [0.25, 0.3) is 0 Å². The Morgan fingerprint density at radius 3 is 2.50 bits per heavy atom. The van der Waals surface area contributed by atoms with E-state index in [4.69, 9.17) is 4.74 Å². The minimum absolute atomic E-state index is 0.0642. The van der Waals surface area contributed by atoms with Crippen molar-refractivity contribution in [3.05, 3.63) is 94.2 Å². The highest BCUT2D eigenvalue weighted by atomic mass is 16.6. The van der Waals surface area contributed by atoms with E-state index in [2.05, 4.69) is 15.5 Å². The number of hydrazone groups is 1. The van der Waals surface area contributed by atoms with Gasteiger partial charge in [0.05, 0.1) is 11.1 Å². The van der Waals surface area contributed by atoms with Crippen molar-refractivity contribution in [3.8, 4) is 5.75 Å². The minimum Gasteiger partial charge on any atom is -0.489 e. The summed E-state index contributed by atoms with van der Waals surface area (Å²) < 4.78 is 5.73. The highest BCUT2D eigenvalue weighted by Gasteiger charge is 2.04. The van der Waals surface area contributed by atoms with Gasteiger partial charge in [0.15, 0.2) is 0 Å². The summed E-state index contributed by atoms with van der Waals surface area (Å²) in [5, 5.41) is 14.6. The molecule has 0 aliphatic carbocycles. The minimum atomic E-state index is -0.499. The van der Waals surface area contributed by atoms with Crippen LogP contribution in [0.15, 0.2) is 78.0 Å². The molecule has 2 aromatic carbocycles. The van der Waals surface area contributed by atoms with Crippen molar-refractivity contribution >= 4 is 17.7 Å². The average molecular weight is 348 g/mol. The van der Waals surface area contributed by atoms with Crippen LogP contribution in [0.3, 0.4) is 0 Å². The van der Waals surface area contributed by atoms with Crippen molar-refractivity contribution in [2.24, 2.45) is 5.10 Å². The van der Waals surface area contributed by atoms with E-state index >= 15 is 0 Å². The fraction of sp³-hybridized carbons (Fsp3) is 0.0526. The van der Waals surface area contributed by atoms with E-state index in [9.17, 15) is 10.1 Å². The molecule has 0 saturated carbocycles. The van der Waals surface area contributed by atoms with Gasteiger partial charge in [-0.15, -0.1) is 0 Å². The van der Waals surface area contributed by atoms with Crippen molar-refractivity contribution < 1.29 is 9.66 Å². The molecule has 130 valence electrons. The van der Waals surface area contributed by atoms with Crippen LogP contribution < -0.4 is 10.2 Å². The molecule has 0 aliphatic rings. The summed E-state index contributed by atoms with van der Waals surface area (Å²) in [7, 11) is 0. The van der Waals surface area contributed by atoms with E-state index in [0.717, 1.165) is 16.9 Å². The van der Waals surface area contributed by atoms with Crippen LogP contribution in [0, 0.1) is 10.1 Å². The second-order valence-corrected chi connectivity index (χ2v) is 5.37. The highest BCUT2D eigenvalue weighted by molar-refractivity contribution is 5.80. The smallest absolute Gasteiger partial charge is 0.287 e. The first-order chi connectivity index (χ1) is 12.7. The molecule has 26 heavy (non-hydrogen) atoms. The number of aromatic nitrogens is 1. The molecule has 1 aromatic heterocycles. The SMILES string of the molecule is O=[N+]([O-])c1ccc(NN=Cc2ccc(OCc3ccccc3)cc2)nc1. The average Bonchev–Trinajstić information content (AvgIpc) is 2.68. The van der Waals surface area contributed by atoms with E-state index in [-0.39, 0.29) is 5.69 Å². The van der Waals surface area contributed by atoms with Gasteiger partial charge in [-0.25, -0.2) is 4.98 Å². The number of benzene rings is 2.